The Morgan fingerprint density at radius 3 is 1.96 bits per heavy atom. The Labute approximate surface area is 133 Å². The van der Waals surface area contributed by atoms with Crippen molar-refractivity contribution in [3.05, 3.63) is 84.4 Å². The smallest absolute Gasteiger partial charge is 0.394 e. The lowest BCUT2D eigenvalue weighted by atomic mass is 9.87. The van der Waals surface area contributed by atoms with Gasteiger partial charge in [-0.15, -0.1) is 6.58 Å². The molecule has 0 aromatic heterocycles. The molecule has 0 radical (unpaired) electrons. The number of nitrogens with one attached hydrogen (secondary N) is 1. The summed E-state index contributed by atoms with van der Waals surface area (Å²) in [5.41, 5.74) is -1.85. The second kappa shape index (κ2) is 6.98. The van der Waals surface area contributed by atoms with E-state index in [9.17, 15) is 18.3 Å². The van der Waals surface area contributed by atoms with E-state index in [0.717, 1.165) is 6.08 Å². The van der Waals surface area contributed by atoms with Gasteiger partial charge in [-0.2, -0.15) is 13.2 Å². The van der Waals surface area contributed by atoms with E-state index < -0.39 is 24.4 Å². The van der Waals surface area contributed by atoms with E-state index >= 15 is 0 Å². The zero-order chi connectivity index (χ0) is 16.9. The SMILES string of the molecule is C=C[C@](N[C@@H](CO)c1ccccc1)(c1ccccc1)C(F)(F)F. The zero-order valence-corrected chi connectivity index (χ0v) is 12.4. The summed E-state index contributed by atoms with van der Waals surface area (Å²) in [5.74, 6) is 0. The molecule has 0 aliphatic rings. The summed E-state index contributed by atoms with van der Waals surface area (Å²) in [6.45, 7) is 2.92. The second-order valence-electron chi connectivity index (χ2n) is 5.17. The van der Waals surface area contributed by atoms with Crippen molar-refractivity contribution in [1.29, 1.82) is 0 Å². The molecule has 0 unspecified atom stereocenters. The minimum absolute atomic E-state index is 0.0249. The molecule has 0 fully saturated rings. The van der Waals surface area contributed by atoms with E-state index in [2.05, 4.69) is 11.9 Å². The highest BCUT2D eigenvalue weighted by Gasteiger charge is 2.54. The van der Waals surface area contributed by atoms with Gasteiger partial charge in [-0.3, -0.25) is 5.32 Å². The van der Waals surface area contributed by atoms with E-state index in [1.54, 1.807) is 36.4 Å². The monoisotopic (exact) mass is 321 g/mol. The molecule has 2 rings (SSSR count). The average molecular weight is 321 g/mol. The van der Waals surface area contributed by atoms with Crippen molar-refractivity contribution in [2.45, 2.75) is 17.8 Å². The third-order valence-electron chi connectivity index (χ3n) is 3.77. The van der Waals surface area contributed by atoms with Gasteiger partial charge in [-0.1, -0.05) is 66.7 Å². The van der Waals surface area contributed by atoms with Crippen LogP contribution in [0.15, 0.2) is 73.3 Å². The van der Waals surface area contributed by atoms with Gasteiger partial charge < -0.3 is 5.11 Å². The van der Waals surface area contributed by atoms with Gasteiger partial charge in [0.25, 0.3) is 0 Å². The molecule has 0 saturated heterocycles. The van der Waals surface area contributed by atoms with Crippen LogP contribution in [-0.2, 0) is 5.54 Å². The molecule has 2 atom stereocenters. The number of rotatable bonds is 6. The van der Waals surface area contributed by atoms with Crippen molar-refractivity contribution in [2.24, 2.45) is 0 Å². The minimum atomic E-state index is -4.61. The molecule has 2 aromatic carbocycles. The van der Waals surface area contributed by atoms with Crippen LogP contribution in [-0.4, -0.2) is 17.9 Å². The zero-order valence-electron chi connectivity index (χ0n) is 12.4. The van der Waals surface area contributed by atoms with Crippen LogP contribution in [0.4, 0.5) is 13.2 Å². The molecule has 23 heavy (non-hydrogen) atoms. The Hall–Kier alpha value is -2.11. The van der Waals surface area contributed by atoms with Gasteiger partial charge in [0.05, 0.1) is 12.6 Å². The Bertz CT molecular complexity index is 628. The first kappa shape index (κ1) is 17.2. The summed E-state index contributed by atoms with van der Waals surface area (Å²) in [4.78, 5) is 0. The van der Waals surface area contributed by atoms with Crippen LogP contribution in [0, 0.1) is 0 Å². The van der Waals surface area contributed by atoms with Crippen molar-refractivity contribution in [1.82, 2.24) is 5.32 Å². The molecular weight excluding hydrogens is 303 g/mol. The third kappa shape index (κ3) is 3.46. The van der Waals surface area contributed by atoms with Gasteiger partial charge in [-0.25, -0.2) is 0 Å². The number of hydrogen-bond acceptors (Lipinski definition) is 2. The van der Waals surface area contributed by atoms with Crippen molar-refractivity contribution in [2.75, 3.05) is 6.61 Å². The van der Waals surface area contributed by atoms with E-state index in [-0.39, 0.29) is 5.56 Å². The van der Waals surface area contributed by atoms with Crippen LogP contribution < -0.4 is 5.32 Å². The first-order chi connectivity index (χ1) is 10.9. The number of aliphatic hydroxyl groups excluding tert-OH is 1. The highest BCUT2D eigenvalue weighted by atomic mass is 19.4. The van der Waals surface area contributed by atoms with Crippen LogP contribution in [0.1, 0.15) is 17.2 Å². The van der Waals surface area contributed by atoms with Crippen molar-refractivity contribution in [3.63, 3.8) is 0 Å². The summed E-state index contributed by atoms with van der Waals surface area (Å²) in [7, 11) is 0. The predicted octanol–water partition coefficient (Wildman–Crippen LogP) is 3.95. The number of halogens is 3. The first-order valence-corrected chi connectivity index (χ1v) is 7.14. The first-order valence-electron chi connectivity index (χ1n) is 7.14. The molecule has 2 nitrogen and oxygen atoms in total. The largest absolute Gasteiger partial charge is 0.414 e. The topological polar surface area (TPSA) is 32.3 Å². The van der Waals surface area contributed by atoms with Crippen molar-refractivity contribution >= 4 is 0 Å². The standard InChI is InChI=1S/C18H18F3NO/c1-2-17(18(19,20)21,15-11-7-4-8-12-15)22-16(13-23)14-9-5-3-6-10-14/h2-12,16,22-23H,1,13H2/t16-,17-/m0/s1. The Morgan fingerprint density at radius 1 is 1.00 bits per heavy atom. The van der Waals surface area contributed by atoms with E-state index in [4.69, 9.17) is 0 Å². The molecule has 2 aromatic rings. The average Bonchev–Trinajstić information content (AvgIpc) is 2.57. The molecule has 2 N–H and O–H groups in total. The molecule has 5 heteroatoms. The third-order valence-corrected chi connectivity index (χ3v) is 3.77. The normalized spacial score (nSPS) is 15.7. The lowest BCUT2D eigenvalue weighted by molar-refractivity contribution is -0.188. The van der Waals surface area contributed by atoms with E-state index in [0.29, 0.717) is 5.56 Å². The lowest BCUT2D eigenvalue weighted by Gasteiger charge is -2.37. The van der Waals surface area contributed by atoms with Crippen LogP contribution in [0.25, 0.3) is 0 Å². The summed E-state index contributed by atoms with van der Waals surface area (Å²) < 4.78 is 41.6. The van der Waals surface area contributed by atoms with Gasteiger partial charge in [0.15, 0.2) is 5.54 Å². The van der Waals surface area contributed by atoms with Crippen LogP contribution >= 0.6 is 0 Å². The summed E-state index contributed by atoms with van der Waals surface area (Å²) >= 11 is 0. The summed E-state index contributed by atoms with van der Waals surface area (Å²) in [6.07, 6.45) is -3.77. The molecule has 0 saturated carbocycles. The number of aliphatic hydroxyl groups is 1. The minimum Gasteiger partial charge on any atom is -0.394 e. The second-order valence-corrected chi connectivity index (χ2v) is 5.17. The van der Waals surface area contributed by atoms with Crippen LogP contribution in [0.5, 0.6) is 0 Å². The van der Waals surface area contributed by atoms with Gasteiger partial charge in [-0.05, 0) is 11.1 Å². The van der Waals surface area contributed by atoms with Gasteiger partial charge >= 0.3 is 6.18 Å². The van der Waals surface area contributed by atoms with Crippen LogP contribution in [0.3, 0.4) is 0 Å². The fourth-order valence-electron chi connectivity index (χ4n) is 2.52. The fraction of sp³-hybridized carbons (Fsp3) is 0.222. The maximum atomic E-state index is 13.9. The Morgan fingerprint density at radius 2 is 1.52 bits per heavy atom. The Balaban J connectivity index is 2.48. The molecule has 0 aliphatic carbocycles. The molecule has 0 heterocycles. The predicted molar refractivity (Wildman–Crippen MR) is 83.8 cm³/mol. The molecule has 0 bridgehead atoms. The van der Waals surface area contributed by atoms with Crippen LogP contribution in [0.2, 0.25) is 0 Å². The number of benzene rings is 2. The van der Waals surface area contributed by atoms with E-state index in [1.165, 1.54) is 24.3 Å². The maximum Gasteiger partial charge on any atom is 0.414 e. The van der Waals surface area contributed by atoms with Gasteiger partial charge in [0, 0.05) is 0 Å². The molecule has 0 spiro atoms. The van der Waals surface area contributed by atoms with Crippen molar-refractivity contribution in [3.8, 4) is 0 Å². The van der Waals surface area contributed by atoms with E-state index in [1.807, 2.05) is 0 Å². The fourth-order valence-corrected chi connectivity index (χ4v) is 2.52. The lowest BCUT2D eigenvalue weighted by Crippen LogP contribution is -2.54. The number of alkyl halides is 3. The highest BCUT2D eigenvalue weighted by Crippen LogP contribution is 2.41. The quantitative estimate of drug-likeness (QED) is 0.790. The molecule has 0 aliphatic heterocycles. The maximum absolute atomic E-state index is 13.9. The summed E-state index contributed by atoms with van der Waals surface area (Å²) in [6, 6.07) is 15.2. The van der Waals surface area contributed by atoms with Gasteiger partial charge in [0.2, 0.25) is 0 Å². The Kier molecular flexibility index (Phi) is 5.23. The highest BCUT2D eigenvalue weighted by molar-refractivity contribution is 5.33. The number of hydrogen-bond donors (Lipinski definition) is 2. The molecular formula is C18H18F3NO. The molecule has 122 valence electrons. The summed E-state index contributed by atoms with van der Waals surface area (Å²) in [5, 5.41) is 12.1. The van der Waals surface area contributed by atoms with Crippen molar-refractivity contribution < 1.29 is 18.3 Å². The molecule has 0 amide bonds. The van der Waals surface area contributed by atoms with Gasteiger partial charge in [0.1, 0.15) is 0 Å².